The van der Waals surface area contributed by atoms with E-state index >= 15 is 0 Å². The molecule has 0 amide bonds. The molecule has 0 radical (unpaired) electrons. The summed E-state index contributed by atoms with van der Waals surface area (Å²) in [6.45, 7) is 2.80. The first kappa shape index (κ1) is 18.2. The molecule has 1 N–H and O–H groups in total. The van der Waals surface area contributed by atoms with E-state index in [1.165, 1.54) is 5.56 Å². The summed E-state index contributed by atoms with van der Waals surface area (Å²) in [6, 6.07) is 7.57. The largest absolute Gasteiger partial charge is 0.373 e. The quantitative estimate of drug-likeness (QED) is 0.754. The number of aromatic nitrogens is 2. The van der Waals surface area contributed by atoms with Gasteiger partial charge in [0.25, 0.3) is 0 Å². The number of unbranched alkanes of at least 4 members (excludes halogenated alkanes) is 1. The Morgan fingerprint density at radius 2 is 1.92 bits per heavy atom. The van der Waals surface area contributed by atoms with Gasteiger partial charge in [-0.15, -0.1) is 0 Å². The van der Waals surface area contributed by atoms with Gasteiger partial charge in [0.2, 0.25) is 10.0 Å². The van der Waals surface area contributed by atoms with E-state index in [1.807, 2.05) is 32.2 Å². The van der Waals surface area contributed by atoms with E-state index in [9.17, 15) is 8.42 Å². The van der Waals surface area contributed by atoms with Crippen LogP contribution >= 0.6 is 0 Å². The van der Waals surface area contributed by atoms with E-state index in [0.29, 0.717) is 12.2 Å². The summed E-state index contributed by atoms with van der Waals surface area (Å²) in [5, 5.41) is 0. The van der Waals surface area contributed by atoms with Gasteiger partial charge in [0.1, 0.15) is 5.82 Å². The maximum Gasteiger partial charge on any atom is 0.233 e. The molecule has 0 bridgehead atoms. The second kappa shape index (κ2) is 8.63. The lowest BCUT2D eigenvalue weighted by molar-refractivity contribution is 0.597. The van der Waals surface area contributed by atoms with Crippen LogP contribution in [0.5, 0.6) is 0 Å². The first-order chi connectivity index (χ1) is 11.5. The highest BCUT2D eigenvalue weighted by atomic mass is 32.2. The maximum atomic E-state index is 11.9. The van der Waals surface area contributed by atoms with Crippen molar-refractivity contribution in [3.05, 3.63) is 48.4 Å². The highest BCUT2D eigenvalue weighted by molar-refractivity contribution is 7.92. The van der Waals surface area contributed by atoms with Crippen LogP contribution < -0.4 is 9.62 Å². The number of hydrogen-bond acceptors (Lipinski definition) is 5. The molecule has 0 aliphatic heterocycles. The van der Waals surface area contributed by atoms with E-state index in [0.717, 1.165) is 25.1 Å². The lowest BCUT2D eigenvalue weighted by Crippen LogP contribution is -2.21. The predicted molar refractivity (Wildman–Crippen MR) is 97.8 cm³/mol. The fourth-order valence-corrected chi connectivity index (χ4v) is 3.40. The summed E-state index contributed by atoms with van der Waals surface area (Å²) in [4.78, 5) is 10.3. The number of nitrogens with zero attached hydrogens (tertiary/aromatic N) is 3. The molecule has 0 fully saturated rings. The third-order valence-corrected chi connectivity index (χ3v) is 5.05. The zero-order valence-corrected chi connectivity index (χ0v) is 15.0. The van der Waals surface area contributed by atoms with Gasteiger partial charge in [-0.1, -0.05) is 13.3 Å². The number of hydrogen-bond donors (Lipinski definition) is 1. The third-order valence-electron chi connectivity index (χ3n) is 3.70. The molecular weight excluding hydrogens is 324 g/mol. The van der Waals surface area contributed by atoms with Crippen molar-refractivity contribution < 1.29 is 8.42 Å². The number of rotatable bonds is 9. The van der Waals surface area contributed by atoms with Crippen LogP contribution in [0.3, 0.4) is 0 Å². The van der Waals surface area contributed by atoms with E-state index in [1.54, 1.807) is 24.7 Å². The van der Waals surface area contributed by atoms with E-state index in [-0.39, 0.29) is 5.75 Å². The van der Waals surface area contributed by atoms with Crippen LogP contribution in [-0.2, 0) is 16.4 Å². The molecule has 6 nitrogen and oxygen atoms in total. The van der Waals surface area contributed by atoms with Gasteiger partial charge in [-0.05, 0) is 42.7 Å². The minimum atomic E-state index is -3.31. The Bertz CT molecular complexity index is 718. The van der Waals surface area contributed by atoms with Crippen LogP contribution in [-0.4, -0.2) is 37.7 Å². The van der Waals surface area contributed by atoms with Crippen LogP contribution in [0.1, 0.15) is 25.3 Å². The Balaban J connectivity index is 1.91. The third kappa shape index (κ3) is 5.81. The highest BCUT2D eigenvalue weighted by Crippen LogP contribution is 2.15. The molecule has 0 aliphatic rings. The lowest BCUT2D eigenvalue weighted by Gasteiger charge is -2.19. The Labute approximate surface area is 144 Å². The Morgan fingerprint density at radius 3 is 2.54 bits per heavy atom. The lowest BCUT2D eigenvalue weighted by atomic mass is 10.2. The van der Waals surface area contributed by atoms with Gasteiger partial charge < -0.3 is 4.90 Å². The first-order valence-corrected chi connectivity index (χ1v) is 9.72. The second-order valence-corrected chi connectivity index (χ2v) is 7.55. The smallest absolute Gasteiger partial charge is 0.233 e. The van der Waals surface area contributed by atoms with Gasteiger partial charge in [-0.25, -0.2) is 13.4 Å². The van der Waals surface area contributed by atoms with Crippen LogP contribution in [0.4, 0.5) is 11.5 Å². The van der Waals surface area contributed by atoms with Crippen molar-refractivity contribution in [1.82, 2.24) is 9.97 Å². The van der Waals surface area contributed by atoms with Crippen molar-refractivity contribution in [1.29, 1.82) is 0 Å². The molecule has 0 atom stereocenters. The summed E-state index contributed by atoms with van der Waals surface area (Å²) in [5.74, 6) is 0.482. The van der Waals surface area contributed by atoms with Gasteiger partial charge in [-0.3, -0.25) is 9.71 Å². The molecule has 2 rings (SSSR count). The molecule has 2 aromatic rings. The van der Waals surface area contributed by atoms with Crippen molar-refractivity contribution in [2.24, 2.45) is 0 Å². The molecule has 7 heteroatoms. The molecule has 130 valence electrons. The molecule has 0 aliphatic carbocycles. The maximum absolute atomic E-state index is 11.9. The van der Waals surface area contributed by atoms with Gasteiger partial charge in [-0.2, -0.15) is 0 Å². The fourth-order valence-electron chi connectivity index (χ4n) is 2.19. The molecule has 0 unspecified atom stereocenters. The Hall–Kier alpha value is -2.15. The number of nitrogens with one attached hydrogen (secondary N) is 1. The minimum Gasteiger partial charge on any atom is -0.373 e. The van der Waals surface area contributed by atoms with E-state index < -0.39 is 10.0 Å². The fraction of sp³-hybridized carbons (Fsp3) is 0.412. The molecule has 24 heavy (non-hydrogen) atoms. The summed E-state index contributed by atoms with van der Waals surface area (Å²) in [7, 11) is -1.32. The van der Waals surface area contributed by atoms with Crippen molar-refractivity contribution in [2.75, 3.05) is 29.0 Å². The molecule has 2 heterocycles. The summed E-state index contributed by atoms with van der Waals surface area (Å²) in [5.41, 5.74) is 2.17. The number of sulfonamides is 1. The van der Waals surface area contributed by atoms with Crippen molar-refractivity contribution in [3.8, 4) is 0 Å². The average Bonchev–Trinajstić information content (AvgIpc) is 2.59. The molecule has 0 saturated carbocycles. The first-order valence-electron chi connectivity index (χ1n) is 8.07. The van der Waals surface area contributed by atoms with Crippen LogP contribution in [0.25, 0.3) is 0 Å². The topological polar surface area (TPSA) is 75.2 Å². The highest BCUT2D eigenvalue weighted by Gasteiger charge is 2.10. The van der Waals surface area contributed by atoms with Crippen LogP contribution in [0.2, 0.25) is 0 Å². The molecule has 0 saturated heterocycles. The van der Waals surface area contributed by atoms with E-state index in [4.69, 9.17) is 0 Å². The summed E-state index contributed by atoms with van der Waals surface area (Å²) >= 11 is 0. The minimum absolute atomic E-state index is 0.124. The summed E-state index contributed by atoms with van der Waals surface area (Å²) in [6.07, 6.45) is 7.65. The molecular formula is C17H24N4O2S. The number of likely N-dealkylation sites (N-methyl/N-ethyl adjacent to an activating group) is 1. The second-order valence-electron chi connectivity index (χ2n) is 5.70. The predicted octanol–water partition coefficient (Wildman–Crippen LogP) is 2.70. The molecule has 0 spiro atoms. The molecule has 0 aromatic carbocycles. The number of pyridine rings is 2. The van der Waals surface area contributed by atoms with Gasteiger partial charge >= 0.3 is 0 Å². The van der Waals surface area contributed by atoms with Crippen molar-refractivity contribution in [3.63, 3.8) is 0 Å². The number of anilines is 2. The molecule has 2 aromatic heterocycles. The van der Waals surface area contributed by atoms with Gasteiger partial charge in [0.05, 0.1) is 17.6 Å². The van der Waals surface area contributed by atoms with Crippen LogP contribution in [0, 0.1) is 0 Å². The van der Waals surface area contributed by atoms with Crippen molar-refractivity contribution in [2.45, 2.75) is 26.2 Å². The SMILES string of the molecule is CCCCS(=O)(=O)Nc1ccc(N(C)CCc2ccncc2)cn1. The standard InChI is InChI=1S/C17H24N4O2S/c1-3-4-13-24(22,23)20-17-6-5-16(14-19-17)21(2)12-9-15-7-10-18-11-8-15/h5-8,10-11,14H,3-4,9,12-13H2,1-2H3,(H,19,20). The van der Waals surface area contributed by atoms with Crippen LogP contribution in [0.15, 0.2) is 42.9 Å². The Morgan fingerprint density at radius 1 is 1.17 bits per heavy atom. The zero-order valence-electron chi connectivity index (χ0n) is 14.1. The monoisotopic (exact) mass is 348 g/mol. The van der Waals surface area contributed by atoms with Gasteiger partial charge in [0, 0.05) is 26.0 Å². The van der Waals surface area contributed by atoms with Crippen molar-refractivity contribution >= 4 is 21.5 Å². The normalized spacial score (nSPS) is 11.2. The average molecular weight is 348 g/mol. The Kier molecular flexibility index (Phi) is 6.54. The van der Waals surface area contributed by atoms with Gasteiger partial charge in [0.15, 0.2) is 0 Å². The van der Waals surface area contributed by atoms with E-state index in [2.05, 4.69) is 19.6 Å². The zero-order chi connectivity index (χ0) is 17.4. The summed E-state index contributed by atoms with van der Waals surface area (Å²) < 4.78 is 26.3.